The van der Waals surface area contributed by atoms with Crippen LogP contribution in [0.5, 0.6) is 0 Å². The molecule has 0 aliphatic carbocycles. The highest BCUT2D eigenvalue weighted by atomic mass is 32.2. The molecule has 156 valence electrons. The van der Waals surface area contributed by atoms with Crippen molar-refractivity contribution in [2.45, 2.75) is 32.7 Å². The summed E-state index contributed by atoms with van der Waals surface area (Å²) in [5.41, 5.74) is 2.78. The lowest BCUT2D eigenvalue weighted by atomic mass is 9.99. The van der Waals surface area contributed by atoms with Crippen molar-refractivity contribution in [1.82, 2.24) is 5.32 Å². The fourth-order valence-corrected chi connectivity index (χ4v) is 4.30. The highest BCUT2D eigenvalue weighted by molar-refractivity contribution is 7.92. The summed E-state index contributed by atoms with van der Waals surface area (Å²) in [6.07, 6.45) is 3.57. The molecule has 0 bridgehead atoms. The molecule has 7 heteroatoms. The minimum atomic E-state index is -3.47. The van der Waals surface area contributed by atoms with Crippen molar-refractivity contribution < 1.29 is 13.2 Å². The third kappa shape index (κ3) is 5.73. The van der Waals surface area contributed by atoms with Gasteiger partial charge in [-0.1, -0.05) is 31.2 Å². The molecule has 1 amide bonds. The highest BCUT2D eigenvalue weighted by Gasteiger charge is 2.18. The Hall–Kier alpha value is -2.54. The third-order valence-electron chi connectivity index (χ3n) is 5.23. The maximum Gasteiger partial charge on any atom is 0.253 e. The maximum atomic E-state index is 12.7. The van der Waals surface area contributed by atoms with E-state index in [-0.39, 0.29) is 17.6 Å². The summed E-state index contributed by atoms with van der Waals surface area (Å²) in [5, 5.41) is 2.96. The molecule has 0 unspecified atom stereocenters. The first-order valence-electron chi connectivity index (χ1n) is 9.95. The minimum absolute atomic E-state index is 0.205. The lowest BCUT2D eigenvalue weighted by Crippen LogP contribution is -2.34. The lowest BCUT2D eigenvalue weighted by Gasteiger charge is -2.33. The Morgan fingerprint density at radius 1 is 1.14 bits per heavy atom. The molecule has 29 heavy (non-hydrogen) atoms. The monoisotopic (exact) mass is 415 g/mol. The second-order valence-electron chi connectivity index (χ2n) is 7.90. The molecule has 1 aliphatic rings. The molecule has 0 spiro atoms. The Morgan fingerprint density at radius 2 is 1.83 bits per heavy atom. The van der Waals surface area contributed by atoms with E-state index in [1.165, 1.54) is 18.5 Å². The number of sulfonamides is 1. The third-order valence-corrected chi connectivity index (χ3v) is 5.82. The summed E-state index contributed by atoms with van der Waals surface area (Å²) in [5.74, 6) is 0.389. The molecule has 1 heterocycles. The number of amides is 1. The van der Waals surface area contributed by atoms with Crippen molar-refractivity contribution in [3.63, 3.8) is 0 Å². The van der Waals surface area contributed by atoms with Crippen molar-refractivity contribution in [1.29, 1.82) is 0 Å². The molecule has 0 radical (unpaired) electrons. The largest absolute Gasteiger partial charge is 0.371 e. The molecule has 1 fully saturated rings. The molecule has 2 N–H and O–H groups in total. The average Bonchev–Trinajstić information content (AvgIpc) is 2.67. The summed E-state index contributed by atoms with van der Waals surface area (Å²) < 4.78 is 25.5. The van der Waals surface area contributed by atoms with Crippen LogP contribution in [0, 0.1) is 5.92 Å². The summed E-state index contributed by atoms with van der Waals surface area (Å²) in [4.78, 5) is 15.1. The number of para-hydroxylation sites is 1. The van der Waals surface area contributed by atoms with E-state index in [0.717, 1.165) is 24.9 Å². The molecule has 1 saturated heterocycles. The molecular formula is C22H29N3O3S. The van der Waals surface area contributed by atoms with Crippen molar-refractivity contribution in [3.8, 4) is 0 Å². The summed E-state index contributed by atoms with van der Waals surface area (Å²) >= 11 is 0. The number of hydrogen-bond acceptors (Lipinski definition) is 4. The van der Waals surface area contributed by atoms with Crippen molar-refractivity contribution in [2.75, 3.05) is 29.0 Å². The van der Waals surface area contributed by atoms with Crippen LogP contribution in [0.25, 0.3) is 0 Å². The number of nitrogens with one attached hydrogen (secondary N) is 2. The standard InChI is InChI=1S/C22H29N3O3S/c1-16-7-6-14-25(15-16)19-12-10-18(11-13-19)17(2)23-22(26)20-8-4-5-9-21(20)24-29(3,27)28/h4-5,8-13,16-17,24H,6-7,14-15H2,1-3H3,(H,23,26)/t16-,17+/m0/s1. The van der Waals surface area contributed by atoms with Gasteiger partial charge >= 0.3 is 0 Å². The quantitative estimate of drug-likeness (QED) is 0.752. The second kappa shape index (κ2) is 8.86. The number of carbonyl (C=O) groups excluding carboxylic acids is 1. The number of carbonyl (C=O) groups is 1. The minimum Gasteiger partial charge on any atom is -0.371 e. The second-order valence-corrected chi connectivity index (χ2v) is 9.65. The maximum absolute atomic E-state index is 12.7. The van der Waals surface area contributed by atoms with E-state index in [0.29, 0.717) is 11.5 Å². The van der Waals surface area contributed by atoms with E-state index >= 15 is 0 Å². The first-order chi connectivity index (χ1) is 13.7. The number of nitrogens with zero attached hydrogens (tertiary/aromatic N) is 1. The fraction of sp³-hybridized carbons (Fsp3) is 0.409. The molecule has 6 nitrogen and oxygen atoms in total. The van der Waals surface area contributed by atoms with E-state index in [9.17, 15) is 13.2 Å². The number of hydrogen-bond donors (Lipinski definition) is 2. The predicted octanol–water partition coefficient (Wildman–Crippen LogP) is 3.79. The van der Waals surface area contributed by atoms with Crippen LogP contribution in [0.4, 0.5) is 11.4 Å². The number of rotatable bonds is 6. The Bertz CT molecular complexity index is 958. The van der Waals surface area contributed by atoms with Crippen LogP contribution in [0.1, 0.15) is 48.7 Å². The zero-order valence-electron chi connectivity index (χ0n) is 17.2. The van der Waals surface area contributed by atoms with Gasteiger partial charge in [-0.05, 0) is 55.5 Å². The average molecular weight is 416 g/mol. The van der Waals surface area contributed by atoms with Gasteiger partial charge < -0.3 is 10.2 Å². The lowest BCUT2D eigenvalue weighted by molar-refractivity contribution is 0.0941. The van der Waals surface area contributed by atoms with Crippen molar-refractivity contribution >= 4 is 27.3 Å². The van der Waals surface area contributed by atoms with E-state index in [1.54, 1.807) is 24.3 Å². The van der Waals surface area contributed by atoms with Gasteiger partial charge in [0.15, 0.2) is 0 Å². The first kappa shape index (κ1) is 21.2. The van der Waals surface area contributed by atoms with Crippen LogP contribution >= 0.6 is 0 Å². The molecule has 1 aliphatic heterocycles. The SMILES string of the molecule is C[C@H]1CCCN(c2ccc([C@@H](C)NC(=O)c3ccccc3NS(C)(=O)=O)cc2)C1. The molecular weight excluding hydrogens is 386 g/mol. The van der Waals surface area contributed by atoms with Crippen LogP contribution < -0.4 is 14.9 Å². The van der Waals surface area contributed by atoms with Crippen LogP contribution in [-0.4, -0.2) is 33.7 Å². The van der Waals surface area contributed by atoms with Crippen LogP contribution in [-0.2, 0) is 10.0 Å². The topological polar surface area (TPSA) is 78.5 Å². The zero-order valence-corrected chi connectivity index (χ0v) is 18.0. The van der Waals surface area contributed by atoms with Gasteiger partial charge in [0.05, 0.1) is 23.5 Å². The first-order valence-corrected chi connectivity index (χ1v) is 11.8. The van der Waals surface area contributed by atoms with Crippen LogP contribution in [0.15, 0.2) is 48.5 Å². The Labute approximate surface area is 173 Å². The highest BCUT2D eigenvalue weighted by Crippen LogP contribution is 2.25. The van der Waals surface area contributed by atoms with Gasteiger partial charge in [0.1, 0.15) is 0 Å². The summed E-state index contributed by atoms with van der Waals surface area (Å²) in [6, 6.07) is 14.7. The number of piperidine rings is 1. The van der Waals surface area contributed by atoms with Crippen molar-refractivity contribution in [3.05, 3.63) is 59.7 Å². The molecule has 0 saturated carbocycles. The van der Waals surface area contributed by atoms with Gasteiger partial charge in [-0.25, -0.2) is 8.42 Å². The summed E-state index contributed by atoms with van der Waals surface area (Å²) in [7, 11) is -3.47. The van der Waals surface area contributed by atoms with Gasteiger partial charge in [-0.15, -0.1) is 0 Å². The van der Waals surface area contributed by atoms with Gasteiger partial charge in [-0.2, -0.15) is 0 Å². The molecule has 0 aromatic heterocycles. The van der Waals surface area contributed by atoms with E-state index in [4.69, 9.17) is 0 Å². The number of benzene rings is 2. The number of anilines is 2. The molecule has 3 rings (SSSR count). The smallest absolute Gasteiger partial charge is 0.253 e. The van der Waals surface area contributed by atoms with Gasteiger partial charge in [0.25, 0.3) is 5.91 Å². The van der Waals surface area contributed by atoms with Crippen molar-refractivity contribution in [2.24, 2.45) is 5.92 Å². The van der Waals surface area contributed by atoms with Crippen LogP contribution in [0.3, 0.4) is 0 Å². The summed E-state index contributed by atoms with van der Waals surface area (Å²) in [6.45, 7) is 6.37. The van der Waals surface area contributed by atoms with E-state index < -0.39 is 10.0 Å². The fourth-order valence-electron chi connectivity index (χ4n) is 3.73. The molecule has 2 atom stereocenters. The van der Waals surface area contributed by atoms with E-state index in [2.05, 4.69) is 34.0 Å². The predicted molar refractivity (Wildman–Crippen MR) is 118 cm³/mol. The van der Waals surface area contributed by atoms with Gasteiger partial charge in [0, 0.05) is 18.8 Å². The Morgan fingerprint density at radius 3 is 2.48 bits per heavy atom. The van der Waals surface area contributed by atoms with Gasteiger partial charge in [-0.3, -0.25) is 9.52 Å². The molecule has 2 aromatic carbocycles. The van der Waals surface area contributed by atoms with Gasteiger partial charge in [0.2, 0.25) is 10.0 Å². The Kier molecular flexibility index (Phi) is 6.47. The Balaban J connectivity index is 1.69. The van der Waals surface area contributed by atoms with Crippen LogP contribution in [0.2, 0.25) is 0 Å². The van der Waals surface area contributed by atoms with E-state index in [1.807, 2.05) is 19.1 Å². The normalized spacial score (nSPS) is 18.2. The molecule has 2 aromatic rings. The zero-order chi connectivity index (χ0) is 21.0.